The van der Waals surface area contributed by atoms with Crippen LogP contribution in [-0.4, -0.2) is 19.0 Å². The fraction of sp³-hybridized carbons (Fsp3) is 0.250. The third kappa shape index (κ3) is 4.36. The van der Waals surface area contributed by atoms with Crippen molar-refractivity contribution < 1.29 is 22.4 Å². The number of amides is 1. The number of carbonyl (C=O) groups is 1. The molecule has 0 heterocycles. The van der Waals surface area contributed by atoms with E-state index in [0.29, 0.717) is 24.9 Å². The summed E-state index contributed by atoms with van der Waals surface area (Å²) in [7, 11) is 0. The summed E-state index contributed by atoms with van der Waals surface area (Å²) < 4.78 is 55.8. The van der Waals surface area contributed by atoms with Gasteiger partial charge in [-0.3, -0.25) is 9.52 Å². The Bertz CT molecular complexity index is 525. The van der Waals surface area contributed by atoms with E-state index in [4.69, 9.17) is 5.73 Å². The Morgan fingerprint density at radius 3 is 2.24 bits per heavy atom. The lowest BCUT2D eigenvalue weighted by molar-refractivity contribution is -0.116. The van der Waals surface area contributed by atoms with Crippen LogP contribution in [0.3, 0.4) is 0 Å². The summed E-state index contributed by atoms with van der Waals surface area (Å²) in [5, 5.41) is 2.49. The highest BCUT2D eigenvalue weighted by molar-refractivity contribution is 7.97. The summed E-state index contributed by atoms with van der Waals surface area (Å²) in [5.74, 6) is -6.71. The molecule has 0 atom stereocenters. The molecular formula is C12H13F4N3OS. The molecule has 4 nitrogen and oxygen atoms in total. The van der Waals surface area contributed by atoms with Crippen molar-refractivity contribution in [2.24, 2.45) is 0 Å². The number of anilines is 1. The molecule has 0 saturated heterocycles. The number of carbonyl (C=O) groups excluding carboxylic acids is 1. The number of nitrogens with one attached hydrogen (secondary N) is 2. The first kappa shape index (κ1) is 17.3. The monoisotopic (exact) mass is 323 g/mol. The van der Waals surface area contributed by atoms with Crippen LogP contribution in [0.2, 0.25) is 0 Å². The van der Waals surface area contributed by atoms with Gasteiger partial charge >= 0.3 is 0 Å². The molecule has 0 aliphatic carbocycles. The van der Waals surface area contributed by atoms with E-state index in [1.807, 2.05) is 0 Å². The van der Waals surface area contributed by atoms with Crippen LogP contribution in [0.25, 0.3) is 0 Å². The third-order valence-corrected chi connectivity index (χ3v) is 3.28. The summed E-state index contributed by atoms with van der Waals surface area (Å²) in [5.41, 5.74) is 3.69. The van der Waals surface area contributed by atoms with E-state index < -0.39 is 33.9 Å². The van der Waals surface area contributed by atoms with Crippen molar-refractivity contribution in [2.45, 2.75) is 11.3 Å². The standard InChI is InChI=1S/C12H13F4N3OS/c1-2-6(20)18-4-3-5-19-21-12-9(15)7(13)11(17)8(14)10(12)16/h2,19H,1,3-5,17H2,(H,18,20). The predicted octanol–water partition coefficient (Wildman–Crippen LogP) is 2.11. The zero-order valence-electron chi connectivity index (χ0n) is 10.8. The largest absolute Gasteiger partial charge is 0.394 e. The van der Waals surface area contributed by atoms with Gasteiger partial charge in [0.05, 0.1) is 0 Å². The van der Waals surface area contributed by atoms with Gasteiger partial charge in [-0.2, -0.15) is 0 Å². The molecular weight excluding hydrogens is 310 g/mol. The van der Waals surface area contributed by atoms with E-state index in [-0.39, 0.29) is 12.5 Å². The Morgan fingerprint density at radius 1 is 1.14 bits per heavy atom. The molecule has 1 aromatic rings. The van der Waals surface area contributed by atoms with Crippen LogP contribution in [0.4, 0.5) is 23.2 Å². The Kier molecular flexibility index (Phi) is 6.50. The van der Waals surface area contributed by atoms with Crippen LogP contribution < -0.4 is 15.8 Å². The van der Waals surface area contributed by atoms with Crippen molar-refractivity contribution in [3.63, 3.8) is 0 Å². The van der Waals surface area contributed by atoms with Gasteiger partial charge in [-0.15, -0.1) is 0 Å². The molecule has 0 unspecified atom stereocenters. The second-order valence-electron chi connectivity index (χ2n) is 3.84. The molecule has 21 heavy (non-hydrogen) atoms. The maximum Gasteiger partial charge on any atom is 0.243 e. The number of nitrogen functional groups attached to an aromatic ring is 1. The van der Waals surface area contributed by atoms with Crippen molar-refractivity contribution >= 4 is 23.5 Å². The Hall–Kier alpha value is -1.74. The number of nitrogens with two attached hydrogens (primary N) is 1. The van der Waals surface area contributed by atoms with Crippen LogP contribution in [-0.2, 0) is 4.79 Å². The van der Waals surface area contributed by atoms with Crippen molar-refractivity contribution in [2.75, 3.05) is 18.8 Å². The molecule has 0 fully saturated rings. The highest BCUT2D eigenvalue weighted by atomic mass is 32.2. The fourth-order valence-corrected chi connectivity index (χ4v) is 2.03. The number of rotatable bonds is 7. The topological polar surface area (TPSA) is 67.2 Å². The molecule has 0 aromatic heterocycles. The third-order valence-electron chi connectivity index (χ3n) is 2.37. The minimum absolute atomic E-state index is 0.245. The van der Waals surface area contributed by atoms with E-state index >= 15 is 0 Å². The van der Waals surface area contributed by atoms with Gasteiger partial charge in [0.15, 0.2) is 23.3 Å². The quantitative estimate of drug-likeness (QED) is 0.180. The molecule has 0 aliphatic rings. The van der Waals surface area contributed by atoms with Gasteiger partial charge in [-0.25, -0.2) is 17.6 Å². The first-order valence-corrected chi connectivity index (χ1v) is 6.63. The molecule has 0 bridgehead atoms. The van der Waals surface area contributed by atoms with Gasteiger partial charge in [-0.1, -0.05) is 6.58 Å². The lowest BCUT2D eigenvalue weighted by atomic mass is 10.2. The molecule has 9 heteroatoms. The Labute approximate surface area is 122 Å². The van der Waals surface area contributed by atoms with Crippen LogP contribution in [0.1, 0.15) is 6.42 Å². The Morgan fingerprint density at radius 2 is 1.71 bits per heavy atom. The second-order valence-corrected chi connectivity index (χ2v) is 4.74. The average molecular weight is 323 g/mol. The second kappa shape index (κ2) is 7.89. The highest BCUT2D eigenvalue weighted by Gasteiger charge is 2.24. The van der Waals surface area contributed by atoms with Gasteiger partial charge in [0, 0.05) is 13.1 Å². The maximum absolute atomic E-state index is 13.4. The fourth-order valence-electron chi connectivity index (χ4n) is 1.29. The summed E-state index contributed by atoms with van der Waals surface area (Å²) in [6, 6.07) is 0. The average Bonchev–Trinajstić information content (AvgIpc) is 2.49. The molecule has 1 amide bonds. The molecule has 0 spiro atoms. The van der Waals surface area contributed by atoms with E-state index in [1.54, 1.807) is 0 Å². The van der Waals surface area contributed by atoms with Crippen LogP contribution >= 0.6 is 11.9 Å². The van der Waals surface area contributed by atoms with Gasteiger partial charge in [-0.05, 0) is 24.4 Å². The van der Waals surface area contributed by atoms with E-state index in [1.165, 1.54) is 0 Å². The van der Waals surface area contributed by atoms with E-state index in [2.05, 4.69) is 16.6 Å². The number of hydrogen-bond donors (Lipinski definition) is 3. The molecule has 1 rings (SSSR count). The first-order valence-electron chi connectivity index (χ1n) is 5.81. The molecule has 0 saturated carbocycles. The van der Waals surface area contributed by atoms with E-state index in [9.17, 15) is 22.4 Å². The lowest BCUT2D eigenvalue weighted by Gasteiger charge is -2.09. The Balaban J connectivity index is 2.53. The molecule has 1 aromatic carbocycles. The SMILES string of the molecule is C=CC(=O)NCCCNSc1c(F)c(F)c(N)c(F)c1F. The number of benzene rings is 1. The minimum Gasteiger partial charge on any atom is -0.394 e. The van der Waals surface area contributed by atoms with Gasteiger partial charge in [0.1, 0.15) is 10.6 Å². The summed E-state index contributed by atoms with van der Waals surface area (Å²) in [4.78, 5) is 9.97. The molecule has 4 N–H and O–H groups in total. The van der Waals surface area contributed by atoms with Gasteiger partial charge in [0.2, 0.25) is 5.91 Å². The minimum atomic E-state index is -1.63. The predicted molar refractivity (Wildman–Crippen MR) is 72.4 cm³/mol. The summed E-state index contributed by atoms with van der Waals surface area (Å²) in [6.45, 7) is 3.82. The first-order chi connectivity index (χ1) is 9.90. The zero-order chi connectivity index (χ0) is 16.0. The van der Waals surface area contributed by atoms with E-state index in [0.717, 1.165) is 6.08 Å². The summed E-state index contributed by atoms with van der Waals surface area (Å²) in [6.07, 6.45) is 1.54. The highest BCUT2D eigenvalue weighted by Crippen LogP contribution is 2.31. The zero-order valence-corrected chi connectivity index (χ0v) is 11.6. The number of hydrogen-bond acceptors (Lipinski definition) is 4. The maximum atomic E-state index is 13.4. The smallest absolute Gasteiger partial charge is 0.243 e. The van der Waals surface area contributed by atoms with Crippen molar-refractivity contribution in [1.29, 1.82) is 0 Å². The van der Waals surface area contributed by atoms with Crippen LogP contribution in [0, 0.1) is 23.3 Å². The van der Waals surface area contributed by atoms with Gasteiger partial charge < -0.3 is 11.1 Å². The van der Waals surface area contributed by atoms with Gasteiger partial charge in [0.25, 0.3) is 0 Å². The molecule has 116 valence electrons. The van der Waals surface area contributed by atoms with Crippen molar-refractivity contribution in [3.8, 4) is 0 Å². The molecule has 0 aliphatic heterocycles. The van der Waals surface area contributed by atoms with Crippen molar-refractivity contribution in [1.82, 2.24) is 10.0 Å². The number of halogens is 4. The normalized spacial score (nSPS) is 10.5. The molecule has 0 radical (unpaired) electrons. The van der Waals surface area contributed by atoms with Crippen LogP contribution in [0.15, 0.2) is 17.6 Å². The van der Waals surface area contributed by atoms with Crippen LogP contribution in [0.5, 0.6) is 0 Å². The lowest BCUT2D eigenvalue weighted by Crippen LogP contribution is -2.24. The van der Waals surface area contributed by atoms with Crippen molar-refractivity contribution in [3.05, 3.63) is 35.9 Å². The summed E-state index contributed by atoms with van der Waals surface area (Å²) >= 11 is 0.407.